The number of nitrogens with zero attached hydrogens (tertiary/aromatic N) is 2. The summed E-state index contributed by atoms with van der Waals surface area (Å²) >= 11 is 0. The number of carbonyl (C=O) groups is 3. The molecule has 0 aromatic heterocycles. The van der Waals surface area contributed by atoms with Crippen LogP contribution in [0.5, 0.6) is 17.2 Å². The zero-order valence-electron chi connectivity index (χ0n) is 21.2. The average molecular weight is 495 g/mol. The number of hydrogen-bond acceptors (Lipinski definition) is 6. The van der Waals surface area contributed by atoms with E-state index >= 15 is 0 Å². The van der Waals surface area contributed by atoms with E-state index in [1.165, 1.54) is 43.9 Å². The van der Waals surface area contributed by atoms with Gasteiger partial charge in [-0.3, -0.25) is 14.4 Å². The highest BCUT2D eigenvalue weighted by Gasteiger charge is 2.46. The van der Waals surface area contributed by atoms with Crippen molar-refractivity contribution in [2.24, 2.45) is 0 Å². The van der Waals surface area contributed by atoms with E-state index < -0.39 is 17.7 Å². The number of piperazine rings is 1. The maximum atomic E-state index is 13.4. The summed E-state index contributed by atoms with van der Waals surface area (Å²) in [4.78, 5) is 43.4. The highest BCUT2D eigenvalue weighted by atomic mass is 16.5. The number of methoxy groups -OCH3 is 3. The molecule has 2 aliphatic rings. The molecule has 2 aromatic carbocycles. The molecule has 2 unspecified atom stereocenters. The first-order valence-electron chi connectivity index (χ1n) is 12.5. The van der Waals surface area contributed by atoms with Crippen LogP contribution in [0, 0.1) is 0 Å². The van der Waals surface area contributed by atoms with Crippen LogP contribution in [0.15, 0.2) is 42.5 Å². The molecule has 192 valence electrons. The molecule has 8 heteroatoms. The van der Waals surface area contributed by atoms with Crippen LogP contribution in [0.2, 0.25) is 0 Å². The Hall–Kier alpha value is -3.55. The van der Waals surface area contributed by atoms with Gasteiger partial charge in [0.1, 0.15) is 6.04 Å². The number of piperidine rings is 1. The highest BCUT2D eigenvalue weighted by molar-refractivity contribution is 6.43. The SMILES string of the molecule is COc1cc(C(=O)C(=O)N2C3CCCC2C(=O)N(CCCCc2ccccc2)C3)cc(OC)c1OC. The number of likely N-dealkylation sites (tertiary alicyclic amines) is 1. The van der Waals surface area contributed by atoms with E-state index in [9.17, 15) is 14.4 Å². The number of unbranched alkanes of at least 4 members (excludes halogenated alkanes) is 1. The van der Waals surface area contributed by atoms with Gasteiger partial charge in [0.2, 0.25) is 11.7 Å². The first kappa shape index (κ1) is 25.5. The number of rotatable bonds is 10. The van der Waals surface area contributed by atoms with Gasteiger partial charge in [-0.25, -0.2) is 0 Å². The van der Waals surface area contributed by atoms with Gasteiger partial charge < -0.3 is 24.0 Å². The van der Waals surface area contributed by atoms with E-state index in [1.54, 1.807) is 0 Å². The highest BCUT2D eigenvalue weighted by Crippen LogP contribution is 2.39. The van der Waals surface area contributed by atoms with Gasteiger partial charge in [0.25, 0.3) is 11.7 Å². The Balaban J connectivity index is 1.44. The Morgan fingerprint density at radius 1 is 0.944 bits per heavy atom. The molecule has 2 bridgehead atoms. The first-order valence-corrected chi connectivity index (χ1v) is 12.5. The van der Waals surface area contributed by atoms with Crippen molar-refractivity contribution >= 4 is 17.6 Å². The molecule has 2 atom stereocenters. The zero-order chi connectivity index (χ0) is 25.7. The summed E-state index contributed by atoms with van der Waals surface area (Å²) in [5, 5.41) is 0. The number of benzene rings is 2. The molecular formula is C28H34N2O6. The predicted molar refractivity (Wildman–Crippen MR) is 135 cm³/mol. The maximum absolute atomic E-state index is 13.4. The van der Waals surface area contributed by atoms with Crippen LogP contribution in [0.25, 0.3) is 0 Å². The number of amides is 2. The lowest BCUT2D eigenvalue weighted by molar-refractivity contribution is -0.157. The third kappa shape index (κ3) is 5.17. The van der Waals surface area contributed by atoms with Gasteiger partial charge in [-0.1, -0.05) is 30.3 Å². The van der Waals surface area contributed by atoms with E-state index in [1.807, 2.05) is 23.1 Å². The number of carbonyl (C=O) groups excluding carboxylic acids is 3. The van der Waals surface area contributed by atoms with Gasteiger partial charge in [-0.2, -0.15) is 0 Å². The average Bonchev–Trinajstić information content (AvgIpc) is 2.92. The van der Waals surface area contributed by atoms with Gasteiger partial charge in [-0.15, -0.1) is 0 Å². The first-order chi connectivity index (χ1) is 17.5. The Morgan fingerprint density at radius 2 is 1.64 bits per heavy atom. The summed E-state index contributed by atoms with van der Waals surface area (Å²) in [7, 11) is 4.38. The Kier molecular flexibility index (Phi) is 8.13. The fourth-order valence-corrected chi connectivity index (χ4v) is 5.29. The standard InChI is InChI=1S/C28H34N2O6/c1-34-23-16-20(17-24(35-2)26(23)36-3)25(31)28(33)30-21-13-9-14-22(30)27(32)29(18-21)15-8-7-12-19-10-5-4-6-11-19/h4-6,10-11,16-17,21-22H,7-9,12-15,18H2,1-3H3. The summed E-state index contributed by atoms with van der Waals surface area (Å²) in [5.41, 5.74) is 1.43. The topological polar surface area (TPSA) is 85.4 Å². The molecule has 0 radical (unpaired) electrons. The third-order valence-electron chi connectivity index (χ3n) is 7.11. The summed E-state index contributed by atoms with van der Waals surface area (Å²) in [6, 6.07) is 12.5. The Bertz CT molecular complexity index is 1080. The number of ketones is 1. The second-order valence-electron chi connectivity index (χ2n) is 9.28. The normalized spacial score (nSPS) is 19.1. The minimum Gasteiger partial charge on any atom is -0.493 e. The number of hydrogen-bond donors (Lipinski definition) is 0. The van der Waals surface area contributed by atoms with E-state index in [-0.39, 0.29) is 17.5 Å². The fraction of sp³-hybridized carbons (Fsp3) is 0.464. The van der Waals surface area contributed by atoms with Gasteiger partial charge in [0.05, 0.1) is 27.4 Å². The molecule has 2 saturated heterocycles. The molecule has 0 spiro atoms. The van der Waals surface area contributed by atoms with Crippen molar-refractivity contribution in [1.82, 2.24) is 9.80 Å². The van der Waals surface area contributed by atoms with Crippen LogP contribution >= 0.6 is 0 Å². The zero-order valence-corrected chi connectivity index (χ0v) is 21.2. The summed E-state index contributed by atoms with van der Waals surface area (Å²) < 4.78 is 16.0. The van der Waals surface area contributed by atoms with Crippen molar-refractivity contribution in [1.29, 1.82) is 0 Å². The van der Waals surface area contributed by atoms with E-state index in [4.69, 9.17) is 14.2 Å². The molecule has 2 aliphatic heterocycles. The summed E-state index contributed by atoms with van der Waals surface area (Å²) in [5.74, 6) is -0.464. The quantitative estimate of drug-likeness (QED) is 0.286. The number of fused-ring (bicyclic) bond motifs is 2. The van der Waals surface area contributed by atoms with Crippen LogP contribution in [0.3, 0.4) is 0 Å². The molecule has 0 saturated carbocycles. The summed E-state index contributed by atoms with van der Waals surface area (Å²) in [6.45, 7) is 1.14. The molecular weight excluding hydrogens is 460 g/mol. The number of aryl methyl sites for hydroxylation is 1. The molecule has 2 amide bonds. The van der Waals surface area contributed by atoms with Gasteiger partial charge >= 0.3 is 0 Å². The molecule has 4 rings (SSSR count). The maximum Gasteiger partial charge on any atom is 0.295 e. The van der Waals surface area contributed by atoms with Crippen LogP contribution < -0.4 is 14.2 Å². The van der Waals surface area contributed by atoms with Crippen molar-refractivity contribution in [3.8, 4) is 17.2 Å². The molecule has 2 aromatic rings. The van der Waals surface area contributed by atoms with E-state index in [2.05, 4.69) is 12.1 Å². The van der Waals surface area contributed by atoms with Gasteiger partial charge in [0.15, 0.2) is 11.5 Å². The third-order valence-corrected chi connectivity index (χ3v) is 7.11. The van der Waals surface area contributed by atoms with E-state index in [0.29, 0.717) is 36.8 Å². The molecule has 8 nitrogen and oxygen atoms in total. The smallest absolute Gasteiger partial charge is 0.295 e. The van der Waals surface area contributed by atoms with Crippen LogP contribution in [0.1, 0.15) is 48.0 Å². The predicted octanol–water partition coefficient (Wildman–Crippen LogP) is 3.51. The minimum absolute atomic E-state index is 0.0586. The Morgan fingerprint density at radius 3 is 2.28 bits per heavy atom. The molecule has 2 heterocycles. The van der Waals surface area contributed by atoms with Crippen LogP contribution in [-0.4, -0.2) is 73.9 Å². The fourth-order valence-electron chi connectivity index (χ4n) is 5.29. The Labute approximate surface area is 212 Å². The second kappa shape index (κ2) is 11.5. The second-order valence-corrected chi connectivity index (χ2v) is 9.28. The monoisotopic (exact) mass is 494 g/mol. The molecule has 36 heavy (non-hydrogen) atoms. The van der Waals surface area contributed by atoms with E-state index in [0.717, 1.165) is 32.1 Å². The lowest BCUT2D eigenvalue weighted by atomic mass is 9.89. The molecule has 0 aliphatic carbocycles. The molecule has 2 fully saturated rings. The van der Waals surface area contributed by atoms with Crippen LogP contribution in [0.4, 0.5) is 0 Å². The lowest BCUT2D eigenvalue weighted by Crippen LogP contribution is -2.66. The summed E-state index contributed by atoms with van der Waals surface area (Å²) in [6.07, 6.45) is 5.08. The van der Waals surface area contributed by atoms with Crippen molar-refractivity contribution in [3.63, 3.8) is 0 Å². The largest absolute Gasteiger partial charge is 0.493 e. The minimum atomic E-state index is -0.685. The van der Waals surface area contributed by atoms with Crippen molar-refractivity contribution in [2.75, 3.05) is 34.4 Å². The number of Topliss-reactive ketones (excluding diaryl/α,β-unsaturated/α-hetero) is 1. The number of ether oxygens (including phenoxy) is 3. The van der Waals surface area contributed by atoms with Crippen molar-refractivity contribution in [3.05, 3.63) is 53.6 Å². The lowest BCUT2D eigenvalue weighted by Gasteiger charge is -2.49. The van der Waals surface area contributed by atoms with Crippen molar-refractivity contribution < 1.29 is 28.6 Å². The molecule has 0 N–H and O–H groups in total. The van der Waals surface area contributed by atoms with Crippen molar-refractivity contribution in [2.45, 2.75) is 50.6 Å². The van der Waals surface area contributed by atoms with Gasteiger partial charge in [-0.05, 0) is 56.2 Å². The van der Waals surface area contributed by atoms with Gasteiger partial charge in [0, 0.05) is 18.7 Å². The van der Waals surface area contributed by atoms with Crippen LogP contribution in [-0.2, 0) is 16.0 Å².